The number of aromatic nitrogens is 2. The lowest BCUT2D eigenvalue weighted by atomic mass is 10.1. The molecular formula is C25H21ClN4O2. The normalized spacial score (nSPS) is 11.9. The Bertz CT molecular complexity index is 1210. The molecule has 1 N–H and O–H groups in total. The summed E-state index contributed by atoms with van der Waals surface area (Å²) in [5.74, 6) is 0.185. The van der Waals surface area contributed by atoms with Crippen molar-refractivity contribution >= 4 is 23.7 Å². The number of nitrogens with zero attached hydrogens (tertiary/aromatic N) is 3. The molecule has 1 atom stereocenters. The summed E-state index contributed by atoms with van der Waals surface area (Å²) >= 11 is 5.87. The predicted molar refractivity (Wildman–Crippen MR) is 126 cm³/mol. The summed E-state index contributed by atoms with van der Waals surface area (Å²) < 4.78 is 7.42. The third-order valence-electron chi connectivity index (χ3n) is 4.68. The Kier molecular flexibility index (Phi) is 6.63. The average molecular weight is 445 g/mol. The lowest BCUT2D eigenvalue weighted by molar-refractivity contribution is -0.127. The molecule has 0 aliphatic heterocycles. The zero-order valence-electron chi connectivity index (χ0n) is 17.4. The van der Waals surface area contributed by atoms with E-state index in [0.717, 1.165) is 22.5 Å². The van der Waals surface area contributed by atoms with Crippen molar-refractivity contribution in [1.29, 1.82) is 0 Å². The maximum atomic E-state index is 12.4. The first-order valence-electron chi connectivity index (χ1n) is 10.1. The third kappa shape index (κ3) is 5.22. The smallest absolute Gasteiger partial charge is 0.280 e. The summed E-state index contributed by atoms with van der Waals surface area (Å²) in [6.07, 6.45) is 2.73. The minimum absolute atomic E-state index is 0.368. The Morgan fingerprint density at radius 1 is 1.03 bits per heavy atom. The van der Waals surface area contributed by atoms with E-state index in [1.165, 1.54) is 0 Å². The first-order valence-corrected chi connectivity index (χ1v) is 10.4. The van der Waals surface area contributed by atoms with Crippen molar-refractivity contribution in [3.63, 3.8) is 0 Å². The van der Waals surface area contributed by atoms with Crippen molar-refractivity contribution in [2.24, 2.45) is 5.10 Å². The minimum atomic E-state index is -0.728. The molecule has 0 aliphatic rings. The molecule has 0 saturated heterocycles. The quantitative estimate of drug-likeness (QED) is 0.318. The van der Waals surface area contributed by atoms with Crippen LogP contribution in [0.25, 0.3) is 16.9 Å². The van der Waals surface area contributed by atoms with Gasteiger partial charge in [-0.25, -0.2) is 10.1 Å². The van der Waals surface area contributed by atoms with Crippen LogP contribution in [0, 0.1) is 0 Å². The van der Waals surface area contributed by atoms with Gasteiger partial charge >= 0.3 is 0 Å². The van der Waals surface area contributed by atoms with Gasteiger partial charge in [0.15, 0.2) is 6.10 Å². The molecule has 1 heterocycles. The van der Waals surface area contributed by atoms with Crippen molar-refractivity contribution < 1.29 is 9.53 Å². The van der Waals surface area contributed by atoms with Gasteiger partial charge in [-0.2, -0.15) is 10.2 Å². The SMILES string of the molecule is C[C@@H](Oc1ccc(Cl)cc1)C(=O)N/N=C\c1cn(-c2ccccc2)nc1-c1ccccc1. The van der Waals surface area contributed by atoms with Gasteiger partial charge in [0.2, 0.25) is 0 Å². The summed E-state index contributed by atoms with van der Waals surface area (Å²) in [6, 6.07) is 26.5. The molecule has 0 unspecified atom stereocenters. The van der Waals surface area contributed by atoms with E-state index in [0.29, 0.717) is 10.8 Å². The van der Waals surface area contributed by atoms with Crippen molar-refractivity contribution in [3.05, 3.63) is 102 Å². The number of carbonyl (C=O) groups excluding carboxylic acids is 1. The van der Waals surface area contributed by atoms with Crippen LogP contribution < -0.4 is 10.2 Å². The van der Waals surface area contributed by atoms with Crippen LogP contribution in [-0.2, 0) is 4.79 Å². The van der Waals surface area contributed by atoms with Crippen molar-refractivity contribution in [2.75, 3.05) is 0 Å². The van der Waals surface area contributed by atoms with Crippen LogP contribution in [0.3, 0.4) is 0 Å². The van der Waals surface area contributed by atoms with Crippen molar-refractivity contribution in [1.82, 2.24) is 15.2 Å². The van der Waals surface area contributed by atoms with E-state index in [1.54, 1.807) is 42.1 Å². The molecule has 1 aromatic heterocycles. The van der Waals surface area contributed by atoms with Crippen LogP contribution in [0.5, 0.6) is 5.75 Å². The van der Waals surface area contributed by atoms with E-state index in [4.69, 9.17) is 21.4 Å². The lowest BCUT2D eigenvalue weighted by Gasteiger charge is -2.12. The number of ether oxygens (including phenoxy) is 1. The molecule has 0 fully saturated rings. The lowest BCUT2D eigenvalue weighted by Crippen LogP contribution is -2.33. The Morgan fingerprint density at radius 3 is 2.38 bits per heavy atom. The Labute approximate surface area is 191 Å². The number of rotatable bonds is 7. The van der Waals surface area contributed by atoms with E-state index in [-0.39, 0.29) is 5.91 Å². The maximum absolute atomic E-state index is 12.4. The standard InChI is InChI=1S/C25H21ClN4O2/c1-18(32-23-14-12-21(26)13-15-23)25(31)28-27-16-20-17-30(22-10-6-3-7-11-22)29-24(20)19-8-4-2-5-9-19/h2-18H,1H3,(H,28,31)/b27-16-/t18-/m1/s1. The highest BCUT2D eigenvalue weighted by atomic mass is 35.5. The Hall–Kier alpha value is -3.90. The number of hydrogen-bond acceptors (Lipinski definition) is 4. The molecule has 160 valence electrons. The molecule has 0 saturated carbocycles. The molecule has 7 heteroatoms. The molecule has 0 radical (unpaired) electrons. The highest BCUT2D eigenvalue weighted by Gasteiger charge is 2.15. The van der Waals surface area contributed by atoms with Gasteiger partial charge in [-0.3, -0.25) is 4.79 Å². The summed E-state index contributed by atoms with van der Waals surface area (Å²) in [5, 5.41) is 9.46. The molecule has 4 aromatic rings. The zero-order valence-corrected chi connectivity index (χ0v) is 18.1. The van der Waals surface area contributed by atoms with E-state index in [2.05, 4.69) is 10.5 Å². The maximum Gasteiger partial charge on any atom is 0.280 e. The first kappa shape index (κ1) is 21.3. The first-order chi connectivity index (χ1) is 15.6. The largest absolute Gasteiger partial charge is 0.481 e. The number of halogens is 1. The second-order valence-electron chi connectivity index (χ2n) is 7.03. The molecule has 0 bridgehead atoms. The summed E-state index contributed by atoms with van der Waals surface area (Å²) in [6.45, 7) is 1.66. The Balaban J connectivity index is 1.50. The van der Waals surface area contributed by atoms with Gasteiger partial charge in [-0.1, -0.05) is 60.1 Å². The van der Waals surface area contributed by atoms with Crippen LogP contribution in [-0.4, -0.2) is 28.0 Å². The molecule has 0 spiro atoms. The molecule has 3 aromatic carbocycles. The molecule has 4 rings (SSSR count). The van der Waals surface area contributed by atoms with Gasteiger partial charge in [0, 0.05) is 22.3 Å². The summed E-state index contributed by atoms with van der Waals surface area (Å²) in [7, 11) is 0. The molecule has 0 aliphatic carbocycles. The van der Waals surface area contributed by atoms with E-state index in [1.807, 2.05) is 66.9 Å². The van der Waals surface area contributed by atoms with Crippen LogP contribution >= 0.6 is 11.6 Å². The van der Waals surface area contributed by atoms with Crippen molar-refractivity contribution in [2.45, 2.75) is 13.0 Å². The zero-order chi connectivity index (χ0) is 22.3. The number of nitrogens with one attached hydrogen (secondary N) is 1. The number of para-hydroxylation sites is 1. The predicted octanol–water partition coefficient (Wildman–Crippen LogP) is 5.11. The monoisotopic (exact) mass is 444 g/mol. The van der Waals surface area contributed by atoms with Crippen LogP contribution in [0.15, 0.2) is 96.2 Å². The number of amides is 1. The van der Waals surface area contributed by atoms with Crippen LogP contribution in [0.1, 0.15) is 12.5 Å². The number of hydrazone groups is 1. The van der Waals surface area contributed by atoms with Gasteiger partial charge in [0.25, 0.3) is 5.91 Å². The van der Waals surface area contributed by atoms with Gasteiger partial charge in [-0.15, -0.1) is 0 Å². The van der Waals surface area contributed by atoms with Crippen molar-refractivity contribution in [3.8, 4) is 22.7 Å². The number of benzene rings is 3. The fraction of sp³-hybridized carbons (Fsp3) is 0.0800. The second-order valence-corrected chi connectivity index (χ2v) is 7.46. The summed E-state index contributed by atoms with van der Waals surface area (Å²) in [4.78, 5) is 12.4. The minimum Gasteiger partial charge on any atom is -0.481 e. The molecular weight excluding hydrogens is 424 g/mol. The van der Waals surface area contributed by atoms with Gasteiger partial charge < -0.3 is 4.74 Å². The average Bonchev–Trinajstić information content (AvgIpc) is 3.26. The number of hydrogen-bond donors (Lipinski definition) is 1. The van der Waals surface area contributed by atoms with Crippen LogP contribution in [0.2, 0.25) is 5.02 Å². The summed E-state index contributed by atoms with van der Waals surface area (Å²) in [5.41, 5.74) is 5.95. The van der Waals surface area contributed by atoms with Crippen LogP contribution in [0.4, 0.5) is 0 Å². The highest BCUT2D eigenvalue weighted by molar-refractivity contribution is 6.30. The van der Waals surface area contributed by atoms with E-state index < -0.39 is 6.10 Å². The fourth-order valence-electron chi connectivity index (χ4n) is 3.04. The van der Waals surface area contributed by atoms with Gasteiger partial charge in [-0.05, 0) is 43.3 Å². The third-order valence-corrected chi connectivity index (χ3v) is 4.94. The molecule has 6 nitrogen and oxygen atoms in total. The molecule has 1 amide bonds. The number of carbonyl (C=O) groups is 1. The fourth-order valence-corrected chi connectivity index (χ4v) is 3.17. The van der Waals surface area contributed by atoms with Gasteiger partial charge in [0.1, 0.15) is 11.4 Å². The molecule has 32 heavy (non-hydrogen) atoms. The van der Waals surface area contributed by atoms with E-state index >= 15 is 0 Å². The second kappa shape index (κ2) is 9.94. The Morgan fingerprint density at radius 2 is 1.69 bits per heavy atom. The topological polar surface area (TPSA) is 68.5 Å². The highest BCUT2D eigenvalue weighted by Crippen LogP contribution is 2.22. The van der Waals surface area contributed by atoms with Gasteiger partial charge in [0.05, 0.1) is 11.9 Å². The van der Waals surface area contributed by atoms with E-state index in [9.17, 15) is 4.79 Å².